The topological polar surface area (TPSA) is 57.6 Å². The number of thioether (sulfide) groups is 1. The van der Waals surface area contributed by atoms with Crippen LogP contribution < -0.4 is 0 Å². The molecule has 1 amide bonds. The van der Waals surface area contributed by atoms with Crippen molar-refractivity contribution < 1.29 is 19.1 Å². The average molecular weight is 304 g/mol. The van der Waals surface area contributed by atoms with Gasteiger partial charge in [-0.2, -0.15) is 11.8 Å². The molecule has 1 aliphatic rings. The Hall–Kier alpha value is -1.27. The van der Waals surface area contributed by atoms with Crippen molar-refractivity contribution in [2.45, 2.75) is 6.04 Å². The molecule has 4 nitrogen and oxygen atoms in total. The van der Waals surface area contributed by atoms with Crippen LogP contribution in [0.2, 0.25) is 5.02 Å². The SMILES string of the molecule is O=C(O)C1CSCCN1C(=O)c1cccc(Cl)c1F. The predicted molar refractivity (Wildman–Crippen MR) is 71.2 cm³/mol. The fourth-order valence-corrected chi connectivity index (χ4v) is 3.09. The van der Waals surface area contributed by atoms with Gasteiger partial charge in [-0.05, 0) is 12.1 Å². The Balaban J connectivity index is 2.31. The van der Waals surface area contributed by atoms with E-state index in [1.165, 1.54) is 34.9 Å². The van der Waals surface area contributed by atoms with Gasteiger partial charge in [-0.3, -0.25) is 4.79 Å². The Morgan fingerprint density at radius 2 is 2.21 bits per heavy atom. The van der Waals surface area contributed by atoms with Crippen molar-refractivity contribution in [3.05, 3.63) is 34.6 Å². The Kier molecular flexibility index (Phi) is 4.31. The molecule has 0 aliphatic carbocycles. The van der Waals surface area contributed by atoms with Gasteiger partial charge in [0, 0.05) is 18.1 Å². The van der Waals surface area contributed by atoms with Gasteiger partial charge in [0.2, 0.25) is 0 Å². The van der Waals surface area contributed by atoms with E-state index in [0.29, 0.717) is 11.5 Å². The molecule has 0 aromatic heterocycles. The summed E-state index contributed by atoms with van der Waals surface area (Å²) in [6.45, 7) is 0.284. The molecule has 1 fully saturated rings. The van der Waals surface area contributed by atoms with Gasteiger partial charge >= 0.3 is 5.97 Å². The third kappa shape index (κ3) is 2.84. The molecule has 1 N–H and O–H groups in total. The maximum absolute atomic E-state index is 13.8. The van der Waals surface area contributed by atoms with E-state index in [0.717, 1.165) is 0 Å². The maximum atomic E-state index is 13.8. The summed E-state index contributed by atoms with van der Waals surface area (Å²) in [5.74, 6) is -1.58. The Morgan fingerprint density at radius 3 is 2.89 bits per heavy atom. The molecule has 1 atom stereocenters. The summed E-state index contributed by atoms with van der Waals surface area (Å²) in [6, 6.07) is 3.19. The zero-order valence-electron chi connectivity index (χ0n) is 9.81. The minimum Gasteiger partial charge on any atom is -0.480 e. The number of nitrogens with zero attached hydrogens (tertiary/aromatic N) is 1. The standard InChI is InChI=1S/C12H11ClFNO3S/c13-8-3-1-2-7(10(8)14)11(16)15-4-5-19-6-9(15)12(17)18/h1-3,9H,4-6H2,(H,17,18). The Bertz CT molecular complexity index is 526. The molecule has 0 saturated carbocycles. The predicted octanol–water partition coefficient (Wildman–Crippen LogP) is 2.12. The summed E-state index contributed by atoms with van der Waals surface area (Å²) < 4.78 is 13.8. The highest BCUT2D eigenvalue weighted by molar-refractivity contribution is 7.99. The highest BCUT2D eigenvalue weighted by Crippen LogP contribution is 2.23. The maximum Gasteiger partial charge on any atom is 0.327 e. The van der Waals surface area contributed by atoms with Crippen LogP contribution in [0.25, 0.3) is 0 Å². The number of hydrogen-bond acceptors (Lipinski definition) is 3. The molecule has 0 radical (unpaired) electrons. The molecule has 1 saturated heterocycles. The molecule has 1 aliphatic heterocycles. The molecular weight excluding hydrogens is 293 g/mol. The monoisotopic (exact) mass is 303 g/mol. The number of aliphatic carboxylic acids is 1. The van der Waals surface area contributed by atoms with Gasteiger partial charge < -0.3 is 10.0 Å². The number of carbonyl (C=O) groups excluding carboxylic acids is 1. The van der Waals surface area contributed by atoms with Crippen molar-refractivity contribution >= 4 is 35.2 Å². The number of carboxylic acid groups (broad SMARTS) is 1. The molecule has 102 valence electrons. The van der Waals surface area contributed by atoms with E-state index in [4.69, 9.17) is 16.7 Å². The van der Waals surface area contributed by atoms with Gasteiger partial charge in [0.1, 0.15) is 6.04 Å². The minimum absolute atomic E-state index is 0.149. The van der Waals surface area contributed by atoms with Gasteiger partial charge in [-0.25, -0.2) is 9.18 Å². The average Bonchev–Trinajstić information content (AvgIpc) is 2.41. The van der Waals surface area contributed by atoms with Crippen molar-refractivity contribution in [1.82, 2.24) is 4.90 Å². The molecule has 1 unspecified atom stereocenters. The van der Waals surface area contributed by atoms with Crippen LogP contribution >= 0.6 is 23.4 Å². The van der Waals surface area contributed by atoms with Crippen molar-refractivity contribution in [3.63, 3.8) is 0 Å². The summed E-state index contributed by atoms with van der Waals surface area (Å²) in [6.07, 6.45) is 0. The number of carbonyl (C=O) groups is 2. The quantitative estimate of drug-likeness (QED) is 0.909. The lowest BCUT2D eigenvalue weighted by Crippen LogP contribution is -2.50. The van der Waals surface area contributed by atoms with Gasteiger partial charge in [0.15, 0.2) is 5.82 Å². The van der Waals surface area contributed by atoms with Crippen LogP contribution in [-0.4, -0.2) is 46.0 Å². The zero-order valence-corrected chi connectivity index (χ0v) is 11.4. The molecular formula is C12H11ClFNO3S. The van der Waals surface area contributed by atoms with Crippen LogP contribution in [0, 0.1) is 5.82 Å². The van der Waals surface area contributed by atoms with E-state index < -0.39 is 23.7 Å². The first-order chi connectivity index (χ1) is 9.02. The number of rotatable bonds is 2. The second-order valence-corrected chi connectivity index (χ2v) is 5.59. The first-order valence-electron chi connectivity index (χ1n) is 5.58. The molecule has 1 aromatic rings. The molecule has 2 rings (SSSR count). The van der Waals surface area contributed by atoms with Crippen molar-refractivity contribution in [1.29, 1.82) is 0 Å². The van der Waals surface area contributed by atoms with Crippen LogP contribution in [0.5, 0.6) is 0 Å². The van der Waals surface area contributed by atoms with Crippen molar-refractivity contribution in [2.24, 2.45) is 0 Å². The van der Waals surface area contributed by atoms with E-state index in [9.17, 15) is 14.0 Å². The van der Waals surface area contributed by atoms with Crippen LogP contribution in [0.1, 0.15) is 10.4 Å². The highest BCUT2D eigenvalue weighted by atomic mass is 35.5. The normalized spacial score (nSPS) is 19.3. The smallest absolute Gasteiger partial charge is 0.327 e. The molecule has 7 heteroatoms. The summed E-state index contributed by atoms with van der Waals surface area (Å²) >= 11 is 7.09. The third-order valence-corrected chi connectivity index (χ3v) is 4.17. The van der Waals surface area contributed by atoms with E-state index >= 15 is 0 Å². The summed E-state index contributed by atoms with van der Waals surface area (Å²) in [4.78, 5) is 24.6. The number of halogens is 2. The van der Waals surface area contributed by atoms with Crippen molar-refractivity contribution in [2.75, 3.05) is 18.1 Å². The first-order valence-corrected chi connectivity index (χ1v) is 7.11. The fourth-order valence-electron chi connectivity index (χ4n) is 1.88. The number of hydrogen-bond donors (Lipinski definition) is 1. The van der Waals surface area contributed by atoms with Gasteiger partial charge in [0.25, 0.3) is 5.91 Å². The second-order valence-electron chi connectivity index (χ2n) is 4.03. The molecule has 19 heavy (non-hydrogen) atoms. The lowest BCUT2D eigenvalue weighted by molar-refractivity contribution is -0.141. The molecule has 1 aromatic carbocycles. The summed E-state index contributed by atoms with van der Waals surface area (Å²) in [7, 11) is 0. The van der Waals surface area contributed by atoms with E-state index in [2.05, 4.69) is 0 Å². The first kappa shape index (κ1) is 14.1. The highest BCUT2D eigenvalue weighted by Gasteiger charge is 2.34. The largest absolute Gasteiger partial charge is 0.480 e. The molecule has 0 spiro atoms. The summed E-state index contributed by atoms with van der Waals surface area (Å²) in [5.41, 5.74) is -0.189. The number of benzene rings is 1. The van der Waals surface area contributed by atoms with Gasteiger partial charge in [0.05, 0.1) is 10.6 Å². The zero-order chi connectivity index (χ0) is 14.0. The minimum atomic E-state index is -1.08. The Labute approximate surface area is 118 Å². The third-order valence-electron chi connectivity index (χ3n) is 2.86. The fraction of sp³-hybridized carbons (Fsp3) is 0.333. The van der Waals surface area contributed by atoms with Crippen LogP contribution in [-0.2, 0) is 4.79 Å². The lowest BCUT2D eigenvalue weighted by atomic mass is 10.1. The van der Waals surface area contributed by atoms with Crippen LogP contribution in [0.15, 0.2) is 18.2 Å². The van der Waals surface area contributed by atoms with E-state index in [1.807, 2.05) is 0 Å². The van der Waals surface area contributed by atoms with Crippen LogP contribution in [0.4, 0.5) is 4.39 Å². The summed E-state index contributed by atoms with van der Waals surface area (Å²) in [5, 5.41) is 8.95. The Morgan fingerprint density at radius 1 is 1.47 bits per heavy atom. The number of amides is 1. The van der Waals surface area contributed by atoms with Crippen LogP contribution in [0.3, 0.4) is 0 Å². The number of carboxylic acids is 1. The van der Waals surface area contributed by atoms with E-state index in [-0.39, 0.29) is 17.1 Å². The van der Waals surface area contributed by atoms with Crippen molar-refractivity contribution in [3.8, 4) is 0 Å². The molecule has 1 heterocycles. The lowest BCUT2D eigenvalue weighted by Gasteiger charge is -2.32. The second kappa shape index (κ2) is 5.79. The molecule has 0 bridgehead atoms. The van der Waals surface area contributed by atoms with Gasteiger partial charge in [-0.1, -0.05) is 17.7 Å². The van der Waals surface area contributed by atoms with Gasteiger partial charge in [-0.15, -0.1) is 0 Å². The van der Waals surface area contributed by atoms with E-state index in [1.54, 1.807) is 0 Å².